The molecule has 0 bridgehead atoms. The fourth-order valence-corrected chi connectivity index (χ4v) is 3.39. The van der Waals surface area contributed by atoms with Gasteiger partial charge in [-0.25, -0.2) is 18.2 Å². The average molecular weight is 533 g/mol. The summed E-state index contributed by atoms with van der Waals surface area (Å²) in [6.45, 7) is 4.18. The van der Waals surface area contributed by atoms with Crippen LogP contribution in [0.2, 0.25) is 5.02 Å². The normalized spacial score (nSPS) is 10.6. The molecule has 37 heavy (non-hydrogen) atoms. The summed E-state index contributed by atoms with van der Waals surface area (Å²) in [6, 6.07) is 9.54. The summed E-state index contributed by atoms with van der Waals surface area (Å²) in [7, 11) is 1.40. The van der Waals surface area contributed by atoms with Gasteiger partial charge in [0.15, 0.2) is 5.82 Å². The summed E-state index contributed by atoms with van der Waals surface area (Å²) in [5.41, 5.74) is 0.525. The van der Waals surface area contributed by atoms with Crippen LogP contribution in [0.15, 0.2) is 61.3 Å². The van der Waals surface area contributed by atoms with E-state index in [0.717, 1.165) is 11.0 Å². The lowest BCUT2D eigenvalue weighted by atomic mass is 10.1. The first kappa shape index (κ1) is 27.5. The number of benzene rings is 2. The largest absolute Gasteiger partial charge is 0.354 e. The van der Waals surface area contributed by atoms with Crippen molar-refractivity contribution in [2.45, 2.75) is 12.8 Å². The molecule has 2 amide bonds. The molecule has 3 rings (SSSR count). The van der Waals surface area contributed by atoms with Gasteiger partial charge in [-0.15, -0.1) is 0 Å². The molecule has 3 aromatic rings. The van der Waals surface area contributed by atoms with Crippen molar-refractivity contribution in [1.29, 1.82) is 0 Å². The second kappa shape index (κ2) is 12.7. The van der Waals surface area contributed by atoms with Crippen molar-refractivity contribution in [3.63, 3.8) is 0 Å². The predicted octanol–water partition coefficient (Wildman–Crippen LogP) is 5.33. The Balaban J connectivity index is 1.53. The molecular formula is C25H24ClF3N6O2. The highest BCUT2D eigenvalue weighted by Gasteiger charge is 2.17. The lowest BCUT2D eigenvalue weighted by molar-refractivity contribution is -0.113. The van der Waals surface area contributed by atoms with E-state index >= 15 is 0 Å². The second-order valence-electron chi connectivity index (χ2n) is 7.74. The van der Waals surface area contributed by atoms with Crippen molar-refractivity contribution < 1.29 is 22.8 Å². The third-order valence-corrected chi connectivity index (χ3v) is 5.43. The fraction of sp³-hybridized carbons (Fsp3) is 0.200. The molecule has 0 aliphatic heterocycles. The first-order valence-electron chi connectivity index (χ1n) is 11.1. The Morgan fingerprint density at radius 1 is 1.16 bits per heavy atom. The molecule has 12 heteroatoms. The number of alkyl halides is 2. The van der Waals surface area contributed by atoms with Gasteiger partial charge in [0.05, 0.1) is 10.7 Å². The van der Waals surface area contributed by atoms with Gasteiger partial charge in [0, 0.05) is 43.1 Å². The van der Waals surface area contributed by atoms with E-state index in [-0.39, 0.29) is 22.2 Å². The van der Waals surface area contributed by atoms with Crippen molar-refractivity contribution in [2.24, 2.45) is 0 Å². The number of anilines is 4. The Labute approximate surface area is 216 Å². The standard InChI is InChI=1S/C25H24ClF3N6O2/c1-3-21(36)35(2)19-14-17(13-18(26)22(19)27)33-20-9-12-32-25(34-20)31-11-4-10-30-24(37)16-7-5-15(6-8-16)23(28)29/h3,5-9,12-14,23H,1,4,10-11H2,2H3,(H,30,37)(H2,31,32,33,34). The maximum atomic E-state index is 14.4. The van der Waals surface area contributed by atoms with Crippen LogP contribution in [0.5, 0.6) is 0 Å². The minimum absolute atomic E-state index is 0.0284. The SMILES string of the molecule is C=CC(=O)N(C)c1cc(Nc2ccnc(NCCCNC(=O)c3ccc(C(F)F)cc3)n2)cc(Cl)c1F. The van der Waals surface area contributed by atoms with Gasteiger partial charge in [-0.1, -0.05) is 30.3 Å². The molecule has 0 unspecified atom stereocenters. The minimum atomic E-state index is -2.58. The Morgan fingerprint density at radius 3 is 2.57 bits per heavy atom. The third kappa shape index (κ3) is 7.43. The van der Waals surface area contributed by atoms with Crippen molar-refractivity contribution in [3.05, 3.63) is 83.3 Å². The monoisotopic (exact) mass is 532 g/mol. The molecule has 0 saturated heterocycles. The summed E-state index contributed by atoms with van der Waals surface area (Å²) in [5.74, 6) is -0.898. The maximum absolute atomic E-state index is 14.4. The van der Waals surface area contributed by atoms with Crippen LogP contribution in [0.3, 0.4) is 0 Å². The first-order chi connectivity index (χ1) is 17.7. The zero-order chi connectivity index (χ0) is 26.9. The van der Waals surface area contributed by atoms with Gasteiger partial charge in [-0.05, 0) is 42.8 Å². The second-order valence-corrected chi connectivity index (χ2v) is 8.15. The van der Waals surface area contributed by atoms with Gasteiger partial charge in [0.25, 0.3) is 12.3 Å². The first-order valence-corrected chi connectivity index (χ1v) is 11.5. The maximum Gasteiger partial charge on any atom is 0.263 e. The molecule has 3 N–H and O–H groups in total. The van der Waals surface area contributed by atoms with Crippen LogP contribution in [-0.4, -0.2) is 41.9 Å². The van der Waals surface area contributed by atoms with Crippen molar-refractivity contribution in [1.82, 2.24) is 15.3 Å². The summed E-state index contributed by atoms with van der Waals surface area (Å²) >= 11 is 6.00. The van der Waals surface area contributed by atoms with E-state index in [1.807, 2.05) is 0 Å². The predicted molar refractivity (Wildman–Crippen MR) is 137 cm³/mol. The van der Waals surface area contributed by atoms with Crippen LogP contribution >= 0.6 is 11.6 Å². The van der Waals surface area contributed by atoms with Gasteiger partial charge in [0.2, 0.25) is 11.9 Å². The van der Waals surface area contributed by atoms with Crippen LogP contribution < -0.4 is 20.9 Å². The summed E-state index contributed by atoms with van der Waals surface area (Å²) in [6.07, 6.45) is 0.540. The highest BCUT2D eigenvalue weighted by molar-refractivity contribution is 6.31. The van der Waals surface area contributed by atoms with E-state index in [1.165, 1.54) is 49.6 Å². The third-order valence-electron chi connectivity index (χ3n) is 5.15. The molecule has 2 aromatic carbocycles. The van der Waals surface area contributed by atoms with Crippen molar-refractivity contribution >= 4 is 46.6 Å². The van der Waals surface area contributed by atoms with E-state index in [2.05, 4.69) is 32.5 Å². The zero-order valence-electron chi connectivity index (χ0n) is 19.8. The molecule has 0 aliphatic carbocycles. The number of halogens is 4. The fourth-order valence-electron chi connectivity index (χ4n) is 3.18. The molecule has 0 spiro atoms. The van der Waals surface area contributed by atoms with Crippen molar-refractivity contribution in [2.75, 3.05) is 35.7 Å². The minimum Gasteiger partial charge on any atom is -0.354 e. The number of nitrogens with zero attached hydrogens (tertiary/aromatic N) is 3. The van der Waals surface area contributed by atoms with E-state index in [9.17, 15) is 22.8 Å². The van der Waals surface area contributed by atoms with Crippen LogP contribution in [0.1, 0.15) is 28.8 Å². The summed E-state index contributed by atoms with van der Waals surface area (Å²) in [5, 5.41) is 8.57. The van der Waals surface area contributed by atoms with Gasteiger partial charge >= 0.3 is 0 Å². The van der Waals surface area contributed by atoms with Crippen molar-refractivity contribution in [3.8, 4) is 0 Å². The topological polar surface area (TPSA) is 99.3 Å². The van der Waals surface area contributed by atoms with Crippen LogP contribution in [0, 0.1) is 5.82 Å². The van der Waals surface area contributed by atoms with Gasteiger partial charge in [-0.3, -0.25) is 9.59 Å². The number of rotatable bonds is 11. The van der Waals surface area contributed by atoms with E-state index in [1.54, 1.807) is 6.07 Å². The lowest BCUT2D eigenvalue weighted by Gasteiger charge is -2.18. The highest BCUT2D eigenvalue weighted by atomic mass is 35.5. The van der Waals surface area contributed by atoms with E-state index in [0.29, 0.717) is 42.5 Å². The molecule has 194 valence electrons. The Kier molecular flexibility index (Phi) is 9.45. The quantitative estimate of drug-likeness (QED) is 0.228. The van der Waals surface area contributed by atoms with Crippen LogP contribution in [0.25, 0.3) is 0 Å². The number of carbonyl (C=O) groups excluding carboxylic acids is 2. The Bertz CT molecular complexity index is 1270. The van der Waals surface area contributed by atoms with E-state index in [4.69, 9.17) is 11.6 Å². The number of carbonyl (C=O) groups is 2. The van der Waals surface area contributed by atoms with Gasteiger partial charge in [0.1, 0.15) is 5.82 Å². The number of hydrogen-bond donors (Lipinski definition) is 3. The number of likely N-dealkylation sites (N-methyl/N-ethyl adjacent to an activating group) is 1. The summed E-state index contributed by atoms with van der Waals surface area (Å²) < 4.78 is 39.7. The highest BCUT2D eigenvalue weighted by Crippen LogP contribution is 2.31. The molecule has 1 heterocycles. The zero-order valence-corrected chi connectivity index (χ0v) is 20.5. The van der Waals surface area contributed by atoms with Gasteiger partial charge in [-0.2, -0.15) is 4.98 Å². The summed E-state index contributed by atoms with van der Waals surface area (Å²) in [4.78, 5) is 33.6. The molecule has 0 aliphatic rings. The number of amides is 2. The van der Waals surface area contributed by atoms with Crippen LogP contribution in [-0.2, 0) is 4.79 Å². The Morgan fingerprint density at radius 2 is 1.89 bits per heavy atom. The molecule has 1 aromatic heterocycles. The molecule has 0 saturated carbocycles. The molecule has 8 nitrogen and oxygen atoms in total. The molecule has 0 atom stereocenters. The lowest BCUT2D eigenvalue weighted by Crippen LogP contribution is -2.26. The number of nitrogens with one attached hydrogen (secondary N) is 3. The van der Waals surface area contributed by atoms with Crippen LogP contribution in [0.4, 0.5) is 36.3 Å². The Hall–Kier alpha value is -4.12. The smallest absolute Gasteiger partial charge is 0.263 e. The average Bonchev–Trinajstić information content (AvgIpc) is 2.89. The van der Waals surface area contributed by atoms with E-state index < -0.39 is 18.1 Å². The number of hydrogen-bond acceptors (Lipinski definition) is 6. The number of aromatic nitrogens is 2. The molecule has 0 fully saturated rings. The molecule has 0 radical (unpaired) electrons. The van der Waals surface area contributed by atoms with Gasteiger partial charge < -0.3 is 20.9 Å². The molecular weight excluding hydrogens is 509 g/mol.